The summed E-state index contributed by atoms with van der Waals surface area (Å²) >= 11 is 1.43. The molecule has 0 aromatic carbocycles. The molecule has 214 valence electrons. The predicted molar refractivity (Wildman–Crippen MR) is 136 cm³/mol. The number of nitrogens with one attached hydrogen (secondary N) is 1. The van der Waals surface area contributed by atoms with Crippen LogP contribution in [-0.2, 0) is 33.5 Å². The maximum atomic E-state index is 12.5. The van der Waals surface area contributed by atoms with Crippen LogP contribution in [0.3, 0.4) is 0 Å². The standard InChI is InChI=1S/C23H37N5O9S/c1-16(2)38-18-11-20(31)28(22(18)34)6-5-24-19(30)4-3-17(23(35)36)27-10-9-25(12-21(32)33)7-8-26(13-27)14-37-15-29/h15-18H,3-14H2,1-2H3,(H,24,30)(H,32,33)(H,35,36). The average Bonchev–Trinajstić information content (AvgIpc) is 3.08. The lowest BCUT2D eigenvalue weighted by atomic mass is 10.1. The molecule has 2 atom stereocenters. The van der Waals surface area contributed by atoms with Crippen molar-refractivity contribution in [2.24, 2.45) is 0 Å². The number of ether oxygens (including phenoxy) is 1. The molecule has 2 aliphatic rings. The number of carbonyl (C=O) groups is 6. The first-order valence-electron chi connectivity index (χ1n) is 12.5. The van der Waals surface area contributed by atoms with E-state index in [1.807, 2.05) is 13.8 Å². The van der Waals surface area contributed by atoms with E-state index in [1.165, 1.54) is 11.8 Å². The van der Waals surface area contributed by atoms with Crippen LogP contribution < -0.4 is 5.32 Å². The Morgan fingerprint density at radius 2 is 1.82 bits per heavy atom. The third kappa shape index (κ3) is 10.2. The van der Waals surface area contributed by atoms with Gasteiger partial charge in [0.25, 0.3) is 6.47 Å². The second kappa shape index (κ2) is 15.6. The molecule has 0 spiro atoms. The number of carboxylic acid groups (broad SMARTS) is 2. The van der Waals surface area contributed by atoms with Crippen molar-refractivity contribution in [3.63, 3.8) is 0 Å². The third-order valence-corrected chi connectivity index (χ3v) is 7.41. The highest BCUT2D eigenvalue weighted by atomic mass is 32.2. The zero-order valence-corrected chi connectivity index (χ0v) is 22.6. The summed E-state index contributed by atoms with van der Waals surface area (Å²) in [4.78, 5) is 77.1. The van der Waals surface area contributed by atoms with Gasteiger partial charge in [-0.25, -0.2) is 0 Å². The SMILES string of the molecule is CC(C)SC1CC(=O)N(CCNC(=O)CCC(C(=O)O)N2CCN(CC(=O)O)CCN(COC=O)C2)C1=O. The number of amides is 3. The Bertz CT molecular complexity index is 874. The fraction of sp³-hybridized carbons (Fsp3) is 0.739. The van der Waals surface area contributed by atoms with E-state index in [1.54, 1.807) is 14.7 Å². The minimum atomic E-state index is -1.14. The van der Waals surface area contributed by atoms with Crippen LogP contribution in [0.4, 0.5) is 0 Å². The quantitative estimate of drug-likeness (QED) is 0.159. The molecule has 0 aromatic heterocycles. The Balaban J connectivity index is 1.90. The topological polar surface area (TPSA) is 177 Å². The van der Waals surface area contributed by atoms with Gasteiger partial charge in [0.05, 0.1) is 18.5 Å². The van der Waals surface area contributed by atoms with E-state index in [9.17, 15) is 33.9 Å². The molecular weight excluding hydrogens is 522 g/mol. The lowest BCUT2D eigenvalue weighted by Gasteiger charge is -2.38. The van der Waals surface area contributed by atoms with Gasteiger partial charge in [-0.2, -0.15) is 0 Å². The number of likely N-dealkylation sites (tertiary alicyclic amines) is 1. The van der Waals surface area contributed by atoms with Crippen molar-refractivity contribution in [3.8, 4) is 0 Å². The largest absolute Gasteiger partial charge is 0.480 e. The van der Waals surface area contributed by atoms with Crippen LogP contribution in [-0.4, -0.2) is 142 Å². The monoisotopic (exact) mass is 559 g/mol. The number of hydrogen-bond acceptors (Lipinski definition) is 11. The first-order chi connectivity index (χ1) is 18.0. The summed E-state index contributed by atoms with van der Waals surface area (Å²) in [5.41, 5.74) is 0. The molecule has 2 heterocycles. The van der Waals surface area contributed by atoms with E-state index in [0.29, 0.717) is 19.6 Å². The maximum Gasteiger partial charge on any atom is 0.320 e. The Kier molecular flexibility index (Phi) is 12.9. The van der Waals surface area contributed by atoms with Gasteiger partial charge in [-0.05, 0) is 11.7 Å². The van der Waals surface area contributed by atoms with Crippen LogP contribution in [0, 0.1) is 0 Å². The molecule has 2 rings (SSSR count). The van der Waals surface area contributed by atoms with Crippen molar-refractivity contribution >= 4 is 47.9 Å². The van der Waals surface area contributed by atoms with Crippen molar-refractivity contribution in [2.45, 2.75) is 49.7 Å². The van der Waals surface area contributed by atoms with Crippen LogP contribution in [0.15, 0.2) is 0 Å². The highest BCUT2D eigenvalue weighted by molar-refractivity contribution is 8.01. The van der Waals surface area contributed by atoms with E-state index >= 15 is 0 Å². The molecule has 0 bridgehead atoms. The number of hydrogen-bond donors (Lipinski definition) is 3. The normalized spacial score (nSPS) is 20.7. The molecule has 0 aromatic rings. The van der Waals surface area contributed by atoms with Gasteiger partial charge in [0, 0.05) is 52.1 Å². The molecule has 2 aliphatic heterocycles. The molecule has 0 saturated carbocycles. The molecule has 14 nitrogen and oxygen atoms in total. The van der Waals surface area contributed by atoms with Crippen LogP contribution in [0.5, 0.6) is 0 Å². The van der Waals surface area contributed by atoms with Gasteiger partial charge in [-0.3, -0.25) is 48.4 Å². The number of carbonyl (C=O) groups excluding carboxylic acids is 4. The number of carboxylic acids is 2. The van der Waals surface area contributed by atoms with Gasteiger partial charge in [0.2, 0.25) is 17.7 Å². The lowest BCUT2D eigenvalue weighted by molar-refractivity contribution is -0.148. The van der Waals surface area contributed by atoms with E-state index in [-0.39, 0.29) is 82.4 Å². The Morgan fingerprint density at radius 1 is 1.13 bits per heavy atom. The molecule has 2 saturated heterocycles. The van der Waals surface area contributed by atoms with Crippen molar-refractivity contribution < 1.29 is 43.7 Å². The minimum absolute atomic E-state index is 0.0167. The summed E-state index contributed by atoms with van der Waals surface area (Å²) in [5.74, 6) is -3.09. The van der Waals surface area contributed by atoms with Gasteiger partial charge in [0.1, 0.15) is 12.8 Å². The summed E-state index contributed by atoms with van der Waals surface area (Å²) in [6.07, 6.45) is 0.0204. The number of imide groups is 1. The van der Waals surface area contributed by atoms with Crippen LogP contribution in [0.25, 0.3) is 0 Å². The molecule has 0 radical (unpaired) electrons. The highest BCUT2D eigenvalue weighted by Gasteiger charge is 2.39. The van der Waals surface area contributed by atoms with Gasteiger partial charge in [0.15, 0.2) is 0 Å². The lowest BCUT2D eigenvalue weighted by Crippen LogP contribution is -2.54. The fourth-order valence-electron chi connectivity index (χ4n) is 4.36. The fourth-order valence-corrected chi connectivity index (χ4v) is 5.50. The molecule has 3 amide bonds. The number of thioether (sulfide) groups is 1. The van der Waals surface area contributed by atoms with Crippen LogP contribution >= 0.6 is 11.8 Å². The summed E-state index contributed by atoms with van der Waals surface area (Å²) in [5, 5.41) is 21.5. The summed E-state index contributed by atoms with van der Waals surface area (Å²) in [7, 11) is 0. The van der Waals surface area contributed by atoms with Gasteiger partial charge >= 0.3 is 11.9 Å². The van der Waals surface area contributed by atoms with Crippen molar-refractivity contribution in [2.75, 3.05) is 59.2 Å². The van der Waals surface area contributed by atoms with Crippen molar-refractivity contribution in [1.82, 2.24) is 24.9 Å². The van der Waals surface area contributed by atoms with E-state index < -0.39 is 29.1 Å². The minimum Gasteiger partial charge on any atom is -0.480 e. The van der Waals surface area contributed by atoms with Gasteiger partial charge in [-0.15, -0.1) is 11.8 Å². The second-order valence-corrected chi connectivity index (χ2v) is 11.2. The molecule has 2 unspecified atom stereocenters. The molecule has 15 heteroatoms. The van der Waals surface area contributed by atoms with E-state index in [2.05, 4.69) is 5.32 Å². The number of rotatable bonds is 15. The first-order valence-corrected chi connectivity index (χ1v) is 13.4. The third-order valence-electron chi connectivity index (χ3n) is 6.17. The highest BCUT2D eigenvalue weighted by Crippen LogP contribution is 2.27. The average molecular weight is 560 g/mol. The molecule has 0 aliphatic carbocycles. The summed E-state index contributed by atoms with van der Waals surface area (Å²) < 4.78 is 4.82. The van der Waals surface area contributed by atoms with Crippen molar-refractivity contribution in [1.29, 1.82) is 0 Å². The number of nitrogens with zero attached hydrogens (tertiary/aromatic N) is 4. The Labute approximate surface area is 225 Å². The van der Waals surface area contributed by atoms with E-state index in [0.717, 1.165) is 4.90 Å². The molecule has 2 fully saturated rings. The second-order valence-electron chi connectivity index (χ2n) is 9.41. The smallest absolute Gasteiger partial charge is 0.320 e. The van der Waals surface area contributed by atoms with Crippen LogP contribution in [0.2, 0.25) is 0 Å². The Hall–Kier alpha value is -2.75. The predicted octanol–water partition coefficient (Wildman–Crippen LogP) is -1.30. The zero-order chi connectivity index (χ0) is 28.2. The molecule has 3 N–H and O–H groups in total. The number of aliphatic carboxylic acids is 2. The van der Waals surface area contributed by atoms with Gasteiger partial charge in [-0.1, -0.05) is 13.8 Å². The first kappa shape index (κ1) is 31.5. The van der Waals surface area contributed by atoms with Crippen LogP contribution in [0.1, 0.15) is 33.1 Å². The molecule has 38 heavy (non-hydrogen) atoms. The van der Waals surface area contributed by atoms with Crippen molar-refractivity contribution in [3.05, 3.63) is 0 Å². The Morgan fingerprint density at radius 3 is 2.45 bits per heavy atom. The zero-order valence-electron chi connectivity index (χ0n) is 21.7. The maximum absolute atomic E-state index is 12.5. The summed E-state index contributed by atoms with van der Waals surface area (Å²) in [6.45, 7) is 5.47. The van der Waals surface area contributed by atoms with E-state index in [4.69, 9.17) is 9.84 Å². The molecular formula is C23H37N5O9S. The van der Waals surface area contributed by atoms with Gasteiger partial charge < -0.3 is 20.3 Å². The summed E-state index contributed by atoms with van der Waals surface area (Å²) in [6, 6.07) is -1.04.